The Morgan fingerprint density at radius 3 is 2.61 bits per heavy atom. The van der Waals surface area contributed by atoms with Gasteiger partial charge in [0, 0.05) is 27.6 Å². The molecule has 1 unspecified atom stereocenters. The average Bonchev–Trinajstić information content (AvgIpc) is 3.67. The summed E-state index contributed by atoms with van der Waals surface area (Å²) >= 11 is 16.3. The molecule has 0 saturated carbocycles. The van der Waals surface area contributed by atoms with Gasteiger partial charge in [-0.2, -0.15) is 4.57 Å². The number of allylic oxidation sites excluding steroid dienone is 4. The zero-order valence-electron chi connectivity index (χ0n) is 22.9. The maximum Gasteiger partial charge on any atom is 0.263 e. The van der Waals surface area contributed by atoms with Crippen LogP contribution in [0.25, 0.3) is 27.3 Å². The van der Waals surface area contributed by atoms with Crippen molar-refractivity contribution in [2.45, 2.75) is 44.0 Å². The summed E-state index contributed by atoms with van der Waals surface area (Å²) in [4.78, 5) is 3.62. The molecule has 0 saturated heterocycles. The van der Waals surface area contributed by atoms with E-state index in [0.29, 0.717) is 5.92 Å². The van der Waals surface area contributed by atoms with E-state index >= 15 is 0 Å². The van der Waals surface area contributed by atoms with E-state index in [-0.39, 0.29) is 0 Å². The monoisotopic (exact) mass is 615 g/mol. The molecule has 3 aromatic carbocycles. The highest BCUT2D eigenvalue weighted by molar-refractivity contribution is 8.03. The van der Waals surface area contributed by atoms with Gasteiger partial charge in [0.25, 0.3) is 5.01 Å². The number of anilines is 1. The van der Waals surface area contributed by atoms with Crippen molar-refractivity contribution >= 4 is 79.2 Å². The first-order chi connectivity index (χ1) is 20.0. The zero-order chi connectivity index (χ0) is 28.1. The summed E-state index contributed by atoms with van der Waals surface area (Å²) in [6.45, 7) is 6.21. The quantitative estimate of drug-likeness (QED) is 0.183. The highest BCUT2D eigenvalue weighted by atomic mass is 35.5. The van der Waals surface area contributed by atoms with Crippen molar-refractivity contribution in [2.75, 3.05) is 11.4 Å². The van der Waals surface area contributed by atoms with Crippen LogP contribution in [0.4, 0.5) is 5.69 Å². The number of halogens is 2. The summed E-state index contributed by atoms with van der Waals surface area (Å²) in [5.74, 6) is 0.374. The molecule has 0 N–H and O–H groups in total. The molecule has 41 heavy (non-hydrogen) atoms. The minimum atomic E-state index is 0.374. The van der Waals surface area contributed by atoms with Crippen molar-refractivity contribution in [2.24, 2.45) is 0 Å². The fourth-order valence-electron chi connectivity index (χ4n) is 6.06. The van der Waals surface area contributed by atoms with Crippen LogP contribution in [0, 0.1) is 0 Å². The van der Waals surface area contributed by atoms with Crippen LogP contribution in [0.5, 0.6) is 0 Å². The summed E-state index contributed by atoms with van der Waals surface area (Å²) < 4.78 is 9.42. The van der Waals surface area contributed by atoms with Crippen LogP contribution in [0.15, 0.2) is 105 Å². The third-order valence-electron chi connectivity index (χ3n) is 7.94. The molecule has 2 aliphatic rings. The largest absolute Gasteiger partial charge is 0.464 e. The second kappa shape index (κ2) is 11.0. The molecule has 0 radical (unpaired) electrons. The fourth-order valence-corrected chi connectivity index (χ4v) is 8.76. The van der Waals surface area contributed by atoms with Gasteiger partial charge in [-0.1, -0.05) is 64.5 Å². The zero-order valence-corrected chi connectivity index (χ0v) is 26.0. The first-order valence-corrected chi connectivity index (χ1v) is 16.4. The van der Waals surface area contributed by atoms with E-state index in [0.717, 1.165) is 41.6 Å². The predicted molar refractivity (Wildman–Crippen MR) is 175 cm³/mol. The van der Waals surface area contributed by atoms with Crippen molar-refractivity contribution in [3.63, 3.8) is 0 Å². The first kappa shape index (κ1) is 26.9. The lowest BCUT2D eigenvalue weighted by Crippen LogP contribution is -2.33. The van der Waals surface area contributed by atoms with E-state index in [9.17, 15) is 0 Å². The maximum atomic E-state index is 6.37. The summed E-state index contributed by atoms with van der Waals surface area (Å²) in [7, 11) is 0. The maximum absolute atomic E-state index is 6.37. The van der Waals surface area contributed by atoms with Gasteiger partial charge in [-0.15, -0.1) is 0 Å². The molecule has 7 heteroatoms. The molecule has 3 heterocycles. The van der Waals surface area contributed by atoms with Crippen LogP contribution in [0.1, 0.15) is 43.2 Å². The second-order valence-electron chi connectivity index (χ2n) is 10.5. The number of rotatable bonds is 5. The van der Waals surface area contributed by atoms with Gasteiger partial charge in [0.2, 0.25) is 5.52 Å². The van der Waals surface area contributed by atoms with Gasteiger partial charge in [0.1, 0.15) is 16.8 Å². The molecule has 0 spiro atoms. The Bertz CT molecular complexity index is 1880. The summed E-state index contributed by atoms with van der Waals surface area (Å²) in [6, 6.07) is 20.9. The molecule has 0 bridgehead atoms. The molecule has 1 aliphatic heterocycles. The Morgan fingerprint density at radius 1 is 0.976 bits per heavy atom. The fraction of sp³-hybridized carbons (Fsp3) is 0.206. The van der Waals surface area contributed by atoms with Gasteiger partial charge in [0.15, 0.2) is 0 Å². The van der Waals surface area contributed by atoms with Gasteiger partial charge in [-0.3, -0.25) is 0 Å². The minimum Gasteiger partial charge on any atom is -0.464 e. The number of benzene rings is 3. The average molecular weight is 617 g/mol. The number of fused-ring (bicyclic) bond motifs is 4. The topological polar surface area (TPSA) is 20.3 Å². The van der Waals surface area contributed by atoms with E-state index in [1.165, 1.54) is 52.9 Å². The SMILES string of the molecule is CCN1/C(=C/C2=CC(=C/c3sc4ccc5occc5c4[n+]3CC)/CC(c3ccc(Cl)cc3)C2)Sc2ccc(Cl)cc21. The van der Waals surface area contributed by atoms with Gasteiger partial charge in [-0.25, -0.2) is 0 Å². The van der Waals surface area contributed by atoms with Crippen molar-refractivity contribution in [1.82, 2.24) is 0 Å². The Hall–Kier alpha value is -2.96. The minimum absolute atomic E-state index is 0.374. The third-order valence-corrected chi connectivity index (χ3v) is 10.6. The van der Waals surface area contributed by atoms with Crippen molar-refractivity contribution in [3.8, 4) is 0 Å². The predicted octanol–water partition coefficient (Wildman–Crippen LogP) is 10.6. The molecule has 0 amide bonds. The highest BCUT2D eigenvalue weighted by Gasteiger charge is 2.27. The van der Waals surface area contributed by atoms with Crippen LogP contribution in [-0.2, 0) is 6.54 Å². The standard InChI is InChI=1S/C34H29Cl2N2OS2/c1-3-37-28-20-26(36)9-11-30(28)40-32(37)18-21-15-22(17-24(16-21)23-5-7-25(35)8-6-23)19-33-38(4-2)34-27-13-14-39-29(27)10-12-31(34)41-33/h5-15,18-20,24H,3-4,16-17H2,1-2H3/q+1. The molecule has 1 atom stereocenters. The number of aryl methyl sites for hydroxylation is 1. The lowest BCUT2D eigenvalue weighted by atomic mass is 9.81. The van der Waals surface area contributed by atoms with E-state index in [4.69, 9.17) is 27.6 Å². The van der Waals surface area contributed by atoms with E-state index < -0.39 is 0 Å². The number of hydrogen-bond acceptors (Lipinski definition) is 4. The van der Waals surface area contributed by atoms with Crippen LogP contribution < -0.4 is 9.47 Å². The molecule has 5 aromatic rings. The van der Waals surface area contributed by atoms with Crippen molar-refractivity contribution in [3.05, 3.63) is 116 Å². The number of furan rings is 1. The van der Waals surface area contributed by atoms with Crippen LogP contribution in [0.2, 0.25) is 10.0 Å². The molecule has 206 valence electrons. The van der Waals surface area contributed by atoms with Crippen molar-refractivity contribution in [1.29, 1.82) is 0 Å². The van der Waals surface area contributed by atoms with E-state index in [1.807, 2.05) is 41.3 Å². The number of thioether (sulfide) groups is 1. The lowest BCUT2D eigenvalue weighted by molar-refractivity contribution is -0.664. The Balaban J connectivity index is 1.32. The van der Waals surface area contributed by atoms with Gasteiger partial charge in [0.05, 0.1) is 22.4 Å². The second-order valence-corrected chi connectivity index (χ2v) is 13.5. The number of hydrogen-bond donors (Lipinski definition) is 0. The van der Waals surface area contributed by atoms with E-state index in [2.05, 4.69) is 84.0 Å². The molecule has 1 aliphatic carbocycles. The van der Waals surface area contributed by atoms with E-state index in [1.54, 1.807) is 6.26 Å². The lowest BCUT2D eigenvalue weighted by Gasteiger charge is -2.25. The molecule has 3 nitrogen and oxygen atoms in total. The number of thiazole rings is 1. The molecule has 2 aromatic heterocycles. The third kappa shape index (κ3) is 5.03. The molecule has 0 fully saturated rings. The van der Waals surface area contributed by atoms with Crippen LogP contribution in [-0.4, -0.2) is 6.54 Å². The van der Waals surface area contributed by atoms with Crippen LogP contribution >= 0.6 is 46.3 Å². The smallest absolute Gasteiger partial charge is 0.263 e. The summed E-state index contributed by atoms with van der Waals surface area (Å²) in [5.41, 5.74) is 7.38. The van der Waals surface area contributed by atoms with Gasteiger partial charge < -0.3 is 9.32 Å². The first-order valence-electron chi connectivity index (χ1n) is 14.0. The van der Waals surface area contributed by atoms with Gasteiger partial charge in [-0.05, 0) is 104 Å². The Morgan fingerprint density at radius 2 is 1.80 bits per heavy atom. The molecular formula is C34H29Cl2N2OS2+. The highest BCUT2D eigenvalue weighted by Crippen LogP contribution is 2.48. The Labute approximate surface area is 258 Å². The summed E-state index contributed by atoms with van der Waals surface area (Å²) in [5, 5.41) is 5.23. The normalized spacial score (nSPS) is 19.1. The van der Waals surface area contributed by atoms with Crippen molar-refractivity contribution < 1.29 is 8.98 Å². The van der Waals surface area contributed by atoms with Crippen LogP contribution in [0.3, 0.4) is 0 Å². The summed E-state index contributed by atoms with van der Waals surface area (Å²) in [6.07, 6.45) is 10.9. The number of aromatic nitrogens is 1. The van der Waals surface area contributed by atoms with Gasteiger partial charge >= 0.3 is 0 Å². The Kier molecular flexibility index (Phi) is 7.24. The molecule has 7 rings (SSSR count). The number of nitrogens with zero attached hydrogens (tertiary/aromatic N) is 2. The molecular weight excluding hydrogens is 587 g/mol.